The third-order valence-corrected chi connectivity index (χ3v) is 11.1. The summed E-state index contributed by atoms with van der Waals surface area (Å²) in [5.41, 5.74) is 12.5. The Kier molecular flexibility index (Phi) is 5.47. The monoisotopic (exact) mass is 660 g/mol. The molecule has 4 aromatic heterocycles. The van der Waals surface area contributed by atoms with E-state index >= 15 is 0 Å². The molecule has 0 bridgehead atoms. The summed E-state index contributed by atoms with van der Waals surface area (Å²) in [5.74, 6) is 0.895. The summed E-state index contributed by atoms with van der Waals surface area (Å²) >= 11 is 0. The van der Waals surface area contributed by atoms with Gasteiger partial charge in [-0.2, -0.15) is 0 Å². The molecule has 0 saturated heterocycles. The molecule has 1 aliphatic rings. The maximum Gasteiger partial charge on any atom is 0.138 e. The average molecular weight is 661 g/mol. The first-order valence-corrected chi connectivity index (χ1v) is 17.7. The van der Waals surface area contributed by atoms with Crippen LogP contribution in [0, 0.1) is 0 Å². The number of hydrogen-bond acceptors (Lipinski definition) is 2. The van der Waals surface area contributed by atoms with Gasteiger partial charge in [0.05, 0.1) is 33.5 Å². The van der Waals surface area contributed by atoms with Crippen LogP contribution in [0.5, 0.6) is 0 Å². The van der Waals surface area contributed by atoms with E-state index in [2.05, 4.69) is 173 Å². The van der Waals surface area contributed by atoms with Crippen LogP contribution < -0.4 is 0 Å². The Hall–Kier alpha value is -7.04. The molecular weight excluding hydrogens is 633 g/mol. The minimum atomic E-state index is 0.895. The highest BCUT2D eigenvalue weighted by atomic mass is 15.1. The zero-order valence-electron chi connectivity index (χ0n) is 28.0. The van der Waals surface area contributed by atoms with E-state index in [0.29, 0.717) is 0 Å². The van der Waals surface area contributed by atoms with Crippen LogP contribution in [0.4, 0.5) is 0 Å². The highest BCUT2D eigenvalue weighted by molar-refractivity contribution is 6.16. The van der Waals surface area contributed by atoms with Gasteiger partial charge in [-0.15, -0.1) is 0 Å². The summed E-state index contributed by atoms with van der Waals surface area (Å²) in [6, 6.07) is 59.4. The van der Waals surface area contributed by atoms with Crippen molar-refractivity contribution in [2.45, 2.75) is 0 Å². The average Bonchev–Trinajstić information content (AvgIpc) is 3.83. The van der Waals surface area contributed by atoms with Crippen molar-refractivity contribution in [3.8, 4) is 45.1 Å². The molecule has 0 atom stereocenters. The van der Waals surface area contributed by atoms with E-state index in [4.69, 9.17) is 9.97 Å². The molecule has 4 heterocycles. The van der Waals surface area contributed by atoms with E-state index in [-0.39, 0.29) is 0 Å². The normalized spacial score (nSPS) is 12.2. The van der Waals surface area contributed by atoms with Gasteiger partial charge in [0.2, 0.25) is 0 Å². The Labute approximate surface area is 298 Å². The summed E-state index contributed by atoms with van der Waals surface area (Å²) in [6.45, 7) is 0. The zero-order chi connectivity index (χ0) is 33.9. The lowest BCUT2D eigenvalue weighted by atomic mass is 10.00. The van der Waals surface area contributed by atoms with E-state index in [1.54, 1.807) is 0 Å². The summed E-state index contributed by atoms with van der Waals surface area (Å²) in [6.07, 6.45) is 1.89. The van der Waals surface area contributed by atoms with Crippen LogP contribution in [0.2, 0.25) is 0 Å². The molecule has 0 amide bonds. The Morgan fingerprint density at radius 2 is 1.06 bits per heavy atom. The number of fused-ring (bicyclic) bond motifs is 10. The van der Waals surface area contributed by atoms with Crippen molar-refractivity contribution in [3.05, 3.63) is 170 Å². The van der Waals surface area contributed by atoms with Crippen molar-refractivity contribution >= 4 is 65.2 Å². The van der Waals surface area contributed by atoms with Crippen LogP contribution >= 0.6 is 0 Å². The van der Waals surface area contributed by atoms with Gasteiger partial charge in [-0.05, 0) is 106 Å². The SMILES string of the molecule is c1ccc(-n2c3ccc(-c4ccc5c(c4)c4ccccc4n5-c4ccc5c(n4)-c4nccc6cccc-5c46)cc3c3cc4ccccc4cc32)cc1. The molecule has 0 N–H and O–H groups in total. The van der Waals surface area contributed by atoms with E-state index in [0.717, 1.165) is 39.5 Å². The van der Waals surface area contributed by atoms with Crippen molar-refractivity contribution in [2.24, 2.45) is 0 Å². The van der Waals surface area contributed by atoms with Gasteiger partial charge in [-0.1, -0.05) is 91.0 Å². The molecule has 7 aromatic carbocycles. The predicted octanol–water partition coefficient (Wildman–Crippen LogP) is 12.3. The fraction of sp³-hybridized carbons (Fsp3) is 0. The molecule has 12 rings (SSSR count). The number of para-hydroxylation sites is 2. The van der Waals surface area contributed by atoms with E-state index in [9.17, 15) is 0 Å². The summed E-state index contributed by atoms with van der Waals surface area (Å²) in [5, 5.41) is 9.79. The number of nitrogens with zero attached hydrogens (tertiary/aromatic N) is 4. The third-order valence-electron chi connectivity index (χ3n) is 11.1. The number of hydrogen-bond donors (Lipinski definition) is 0. The fourth-order valence-electron chi connectivity index (χ4n) is 8.74. The molecule has 0 spiro atoms. The number of benzene rings is 7. The topological polar surface area (TPSA) is 35.6 Å². The molecule has 1 aliphatic carbocycles. The van der Waals surface area contributed by atoms with Gasteiger partial charge in [0.25, 0.3) is 0 Å². The second-order valence-corrected chi connectivity index (χ2v) is 13.8. The lowest BCUT2D eigenvalue weighted by Gasteiger charge is -2.10. The Bertz CT molecular complexity index is 3290. The molecule has 0 fully saturated rings. The van der Waals surface area contributed by atoms with Gasteiger partial charge in [0.1, 0.15) is 5.82 Å². The molecule has 0 saturated carbocycles. The van der Waals surface area contributed by atoms with E-state index in [1.807, 2.05) is 6.20 Å². The van der Waals surface area contributed by atoms with Gasteiger partial charge in [0, 0.05) is 44.4 Å². The predicted molar refractivity (Wildman–Crippen MR) is 216 cm³/mol. The van der Waals surface area contributed by atoms with Crippen LogP contribution in [-0.2, 0) is 0 Å². The van der Waals surface area contributed by atoms with Crippen LogP contribution in [0.25, 0.3) is 110 Å². The molecule has 11 aromatic rings. The Morgan fingerprint density at radius 3 is 1.90 bits per heavy atom. The summed E-state index contributed by atoms with van der Waals surface area (Å²) in [4.78, 5) is 10.1. The standard InChI is InChI=1S/C48H28N4/c1-2-12-34(13-3-1)51-42-20-17-33(27-39(42)40-25-30-9-4-5-10-31(30)28-44(40)51)32-18-21-43-38(26-32)35-14-6-7-16-41(35)52(43)45-22-19-37-36-15-8-11-29-23-24-49-48(46(29)36)47(37)50-45/h1-28H. The van der Waals surface area contributed by atoms with Crippen molar-refractivity contribution in [2.75, 3.05) is 0 Å². The molecule has 4 heteroatoms. The van der Waals surface area contributed by atoms with Gasteiger partial charge >= 0.3 is 0 Å². The summed E-state index contributed by atoms with van der Waals surface area (Å²) < 4.78 is 4.70. The molecule has 4 nitrogen and oxygen atoms in total. The largest absolute Gasteiger partial charge is 0.309 e. The third kappa shape index (κ3) is 3.75. The number of pyridine rings is 2. The van der Waals surface area contributed by atoms with E-state index in [1.165, 1.54) is 70.8 Å². The summed E-state index contributed by atoms with van der Waals surface area (Å²) in [7, 11) is 0. The lowest BCUT2D eigenvalue weighted by molar-refractivity contribution is 1.08. The maximum atomic E-state index is 5.33. The van der Waals surface area contributed by atoms with Crippen LogP contribution in [0.15, 0.2) is 170 Å². The van der Waals surface area contributed by atoms with Crippen LogP contribution in [0.3, 0.4) is 0 Å². The van der Waals surface area contributed by atoms with Gasteiger partial charge in [-0.25, -0.2) is 4.98 Å². The highest BCUT2D eigenvalue weighted by Gasteiger charge is 2.25. The second kappa shape index (κ2) is 10.3. The van der Waals surface area contributed by atoms with Crippen molar-refractivity contribution in [3.63, 3.8) is 0 Å². The molecule has 0 unspecified atom stereocenters. The Balaban J connectivity index is 1.05. The number of rotatable bonds is 3. The fourth-order valence-corrected chi connectivity index (χ4v) is 8.74. The number of aromatic nitrogens is 4. The first kappa shape index (κ1) is 27.7. The quantitative estimate of drug-likeness (QED) is 0.189. The van der Waals surface area contributed by atoms with E-state index < -0.39 is 0 Å². The van der Waals surface area contributed by atoms with Gasteiger partial charge in [0.15, 0.2) is 0 Å². The molecule has 0 radical (unpaired) electrons. The molecular formula is C48H28N4. The second-order valence-electron chi connectivity index (χ2n) is 13.8. The molecule has 0 aliphatic heterocycles. The highest BCUT2D eigenvalue weighted by Crippen LogP contribution is 2.46. The van der Waals surface area contributed by atoms with Gasteiger partial charge < -0.3 is 4.57 Å². The first-order valence-electron chi connectivity index (χ1n) is 17.7. The minimum Gasteiger partial charge on any atom is -0.309 e. The Morgan fingerprint density at radius 1 is 0.385 bits per heavy atom. The maximum absolute atomic E-state index is 5.33. The van der Waals surface area contributed by atoms with Crippen LogP contribution in [-0.4, -0.2) is 19.1 Å². The first-order chi connectivity index (χ1) is 25.8. The van der Waals surface area contributed by atoms with Crippen molar-refractivity contribution in [1.29, 1.82) is 0 Å². The minimum absolute atomic E-state index is 0.895. The molecule has 240 valence electrons. The van der Waals surface area contributed by atoms with Crippen LogP contribution in [0.1, 0.15) is 0 Å². The lowest BCUT2D eigenvalue weighted by Crippen LogP contribution is -1.99. The molecule has 52 heavy (non-hydrogen) atoms. The van der Waals surface area contributed by atoms with Crippen molar-refractivity contribution in [1.82, 2.24) is 19.1 Å². The smallest absolute Gasteiger partial charge is 0.138 e. The van der Waals surface area contributed by atoms with Gasteiger partial charge in [-0.3, -0.25) is 9.55 Å². The van der Waals surface area contributed by atoms with Crippen molar-refractivity contribution < 1.29 is 0 Å². The zero-order valence-corrected chi connectivity index (χ0v) is 28.0.